The van der Waals surface area contributed by atoms with Crippen molar-refractivity contribution in [3.05, 3.63) is 30.0 Å². The lowest BCUT2D eigenvalue weighted by Crippen LogP contribution is -2.41. The number of hydrogen-bond donors (Lipinski definition) is 1. The van der Waals surface area contributed by atoms with E-state index in [9.17, 15) is 21.6 Å². The van der Waals surface area contributed by atoms with Crippen molar-refractivity contribution in [2.75, 3.05) is 0 Å². The number of nitrogens with one attached hydrogen (secondary N) is 1. The van der Waals surface area contributed by atoms with Crippen molar-refractivity contribution in [2.24, 2.45) is 5.41 Å². The molecule has 2 aromatic rings. The van der Waals surface area contributed by atoms with Gasteiger partial charge >= 0.3 is 13.3 Å². The van der Waals surface area contributed by atoms with Gasteiger partial charge in [0.2, 0.25) is 10.0 Å². The molecule has 2 aliphatic rings. The van der Waals surface area contributed by atoms with Gasteiger partial charge in [-0.2, -0.15) is 17.9 Å². The van der Waals surface area contributed by atoms with Crippen molar-refractivity contribution in [1.82, 2.24) is 9.29 Å². The van der Waals surface area contributed by atoms with E-state index in [2.05, 4.69) is 0 Å². The number of halogens is 3. The van der Waals surface area contributed by atoms with Crippen LogP contribution in [0.4, 0.5) is 13.2 Å². The minimum absolute atomic E-state index is 0.110. The Hall–Kier alpha value is -1.56. The Kier molecular flexibility index (Phi) is 6.23. The third kappa shape index (κ3) is 5.28. The zero-order valence-corrected chi connectivity index (χ0v) is 22.1. The van der Waals surface area contributed by atoms with Gasteiger partial charge in [-0.05, 0) is 57.5 Å². The van der Waals surface area contributed by atoms with E-state index in [0.717, 1.165) is 0 Å². The van der Waals surface area contributed by atoms with Crippen molar-refractivity contribution < 1.29 is 30.9 Å². The van der Waals surface area contributed by atoms with Crippen LogP contribution in [0.3, 0.4) is 0 Å². The van der Waals surface area contributed by atoms with Gasteiger partial charge in [0.1, 0.15) is 6.04 Å². The van der Waals surface area contributed by atoms with E-state index in [1.54, 1.807) is 22.8 Å². The summed E-state index contributed by atoms with van der Waals surface area (Å²) in [6, 6.07) is 2.75. The van der Waals surface area contributed by atoms with Gasteiger partial charge in [-0.25, -0.2) is 8.42 Å². The van der Waals surface area contributed by atoms with Gasteiger partial charge in [-0.1, -0.05) is 32.9 Å². The first-order chi connectivity index (χ1) is 15.8. The molecule has 194 valence electrons. The molecule has 2 heterocycles. The molecule has 1 aliphatic heterocycles. The van der Waals surface area contributed by atoms with Crippen LogP contribution in [0.15, 0.2) is 24.4 Å². The smallest absolute Gasteiger partial charge is 0.399 e. The van der Waals surface area contributed by atoms with Gasteiger partial charge < -0.3 is 13.9 Å². The van der Waals surface area contributed by atoms with Crippen molar-refractivity contribution in [1.29, 1.82) is 0 Å². The van der Waals surface area contributed by atoms with Crippen LogP contribution in [0.1, 0.15) is 72.9 Å². The molecular formula is C24H34BF3N2O4S. The molecule has 0 radical (unpaired) electrons. The van der Waals surface area contributed by atoms with Crippen LogP contribution < -0.4 is 10.2 Å². The maximum Gasteiger partial charge on any atom is 0.494 e. The number of hydrogen-bond acceptors (Lipinski definition) is 4. The second kappa shape index (κ2) is 8.23. The van der Waals surface area contributed by atoms with Crippen molar-refractivity contribution in [2.45, 2.75) is 96.5 Å². The molecule has 1 saturated carbocycles. The number of rotatable bonds is 6. The first-order valence-electron chi connectivity index (χ1n) is 11.9. The van der Waals surface area contributed by atoms with Gasteiger partial charge in [0, 0.05) is 29.2 Å². The van der Waals surface area contributed by atoms with Gasteiger partial charge in [-0.15, -0.1) is 0 Å². The average molecular weight is 514 g/mol. The van der Waals surface area contributed by atoms with Crippen molar-refractivity contribution in [3.8, 4) is 0 Å². The lowest BCUT2D eigenvalue weighted by Gasteiger charge is -2.32. The van der Waals surface area contributed by atoms with Crippen LogP contribution in [0.25, 0.3) is 10.9 Å². The second-order valence-electron chi connectivity index (χ2n) is 12.0. The van der Waals surface area contributed by atoms with Gasteiger partial charge in [0.25, 0.3) is 0 Å². The van der Waals surface area contributed by atoms with Crippen LogP contribution in [-0.2, 0) is 25.9 Å². The van der Waals surface area contributed by atoms with Crippen LogP contribution in [0.2, 0.25) is 0 Å². The van der Waals surface area contributed by atoms with Gasteiger partial charge in [0.05, 0.1) is 16.5 Å². The van der Waals surface area contributed by atoms with Crippen LogP contribution in [-0.4, -0.2) is 42.7 Å². The molecule has 4 rings (SSSR count). The summed E-state index contributed by atoms with van der Waals surface area (Å²) in [6.45, 7) is 14.2. The average Bonchev–Trinajstić information content (AvgIpc) is 3.44. The van der Waals surface area contributed by atoms with Crippen molar-refractivity contribution >= 4 is 33.5 Å². The van der Waals surface area contributed by atoms with Crippen LogP contribution >= 0.6 is 0 Å². The minimum Gasteiger partial charge on any atom is -0.399 e. The Morgan fingerprint density at radius 1 is 1.11 bits per heavy atom. The Labute approximate surface area is 205 Å². The fourth-order valence-corrected chi connectivity index (χ4v) is 5.82. The van der Waals surface area contributed by atoms with E-state index in [0.29, 0.717) is 35.8 Å². The maximum absolute atomic E-state index is 14.2. The van der Waals surface area contributed by atoms with E-state index in [1.807, 2.05) is 53.2 Å². The fraction of sp³-hybridized carbons (Fsp3) is 0.667. The molecule has 1 aromatic heterocycles. The maximum atomic E-state index is 14.2. The first kappa shape index (κ1) is 26.5. The molecule has 0 bridgehead atoms. The van der Waals surface area contributed by atoms with E-state index < -0.39 is 45.8 Å². The highest BCUT2D eigenvalue weighted by Crippen LogP contribution is 2.41. The highest BCUT2D eigenvalue weighted by molar-refractivity contribution is 7.90. The Balaban J connectivity index is 1.82. The third-order valence-electron chi connectivity index (χ3n) is 6.99. The molecule has 11 heteroatoms. The van der Waals surface area contributed by atoms with Crippen molar-refractivity contribution in [3.63, 3.8) is 0 Å². The van der Waals surface area contributed by atoms with Gasteiger partial charge in [-0.3, -0.25) is 0 Å². The molecular weight excluding hydrogens is 480 g/mol. The SMILES string of the molecule is CC(C)(C)Cn1cc([C@H](NS(=O)(=O)C2CC2)C(F)(F)F)c2ccc(B3OC(C)(C)C(C)(C)O3)cc21. The molecule has 0 spiro atoms. The molecule has 1 aliphatic carbocycles. The summed E-state index contributed by atoms with van der Waals surface area (Å²) < 4.78 is 83.6. The van der Waals surface area contributed by atoms with Crippen LogP contribution in [0.5, 0.6) is 0 Å². The normalized spacial score (nSPS) is 21.6. The predicted octanol–water partition coefficient (Wildman–Crippen LogP) is 4.67. The number of benzene rings is 1. The number of aromatic nitrogens is 1. The molecule has 35 heavy (non-hydrogen) atoms. The highest BCUT2D eigenvalue weighted by atomic mass is 32.2. The molecule has 0 amide bonds. The standard InChI is InChI=1S/C24H34BF3N2O4S/c1-21(2,3)14-30-13-18(20(24(26,27)28)29-35(31,32)16-9-10-16)17-11-8-15(12-19(17)30)25-33-22(4,5)23(6,7)34-25/h8,11-13,16,20,29H,9-10,14H2,1-7H3/t20-/m0/s1. The minimum atomic E-state index is -4.80. The van der Waals surface area contributed by atoms with E-state index in [-0.39, 0.29) is 11.0 Å². The molecule has 2 fully saturated rings. The largest absolute Gasteiger partial charge is 0.494 e. The zero-order chi connectivity index (χ0) is 26.2. The fourth-order valence-electron chi connectivity index (χ4n) is 4.28. The second-order valence-corrected chi connectivity index (χ2v) is 14.0. The summed E-state index contributed by atoms with van der Waals surface area (Å²) in [5.41, 5.74) is -0.201. The first-order valence-corrected chi connectivity index (χ1v) is 13.4. The van der Waals surface area contributed by atoms with E-state index in [1.165, 1.54) is 6.20 Å². The Morgan fingerprint density at radius 3 is 2.17 bits per heavy atom. The number of fused-ring (bicyclic) bond motifs is 1. The van der Waals surface area contributed by atoms with Crippen LogP contribution in [0, 0.1) is 5.41 Å². The number of alkyl halides is 3. The quantitative estimate of drug-likeness (QED) is 0.569. The Bertz CT molecular complexity index is 1210. The predicted molar refractivity (Wildman–Crippen MR) is 131 cm³/mol. The summed E-state index contributed by atoms with van der Waals surface area (Å²) >= 11 is 0. The topological polar surface area (TPSA) is 69.6 Å². The molecule has 1 aromatic carbocycles. The zero-order valence-electron chi connectivity index (χ0n) is 21.3. The molecule has 0 unspecified atom stereocenters. The van der Waals surface area contributed by atoms with Gasteiger partial charge in [0.15, 0.2) is 0 Å². The lowest BCUT2D eigenvalue weighted by atomic mass is 9.78. The third-order valence-corrected chi connectivity index (χ3v) is 8.90. The Morgan fingerprint density at radius 2 is 1.69 bits per heavy atom. The highest BCUT2D eigenvalue weighted by Gasteiger charge is 2.52. The number of sulfonamides is 1. The number of nitrogens with zero attached hydrogens (tertiary/aromatic N) is 1. The monoisotopic (exact) mass is 514 g/mol. The van der Waals surface area contributed by atoms with E-state index in [4.69, 9.17) is 9.31 Å². The molecule has 1 N–H and O–H groups in total. The summed E-state index contributed by atoms with van der Waals surface area (Å²) in [4.78, 5) is 0. The molecule has 1 atom stereocenters. The molecule has 6 nitrogen and oxygen atoms in total. The lowest BCUT2D eigenvalue weighted by molar-refractivity contribution is -0.152. The summed E-state index contributed by atoms with van der Waals surface area (Å²) in [6.07, 6.45) is -2.61. The summed E-state index contributed by atoms with van der Waals surface area (Å²) in [7, 11) is -4.75. The summed E-state index contributed by atoms with van der Waals surface area (Å²) in [5, 5.41) is -0.416. The van der Waals surface area contributed by atoms with E-state index >= 15 is 0 Å². The summed E-state index contributed by atoms with van der Waals surface area (Å²) in [5.74, 6) is 0. The molecule has 1 saturated heterocycles.